The molecule has 9 heteroatoms. The molecule has 0 bridgehead atoms. The van der Waals surface area contributed by atoms with E-state index in [1.807, 2.05) is 61.6 Å². The Labute approximate surface area is 250 Å². The molecule has 4 aromatic rings. The van der Waals surface area contributed by atoms with Gasteiger partial charge in [-0.05, 0) is 102 Å². The van der Waals surface area contributed by atoms with E-state index in [2.05, 4.69) is 25.7 Å². The lowest BCUT2D eigenvalue weighted by Gasteiger charge is -2.48. The van der Waals surface area contributed by atoms with Gasteiger partial charge in [-0.25, -0.2) is 14.2 Å². The number of benzene rings is 2. The Morgan fingerprint density at radius 2 is 1.69 bits per heavy atom. The number of fused-ring (bicyclic) bond motifs is 1. The van der Waals surface area contributed by atoms with Crippen LogP contribution in [0.5, 0.6) is 0 Å². The molecule has 220 valence electrons. The number of rotatable bonds is 4. The van der Waals surface area contributed by atoms with Crippen LogP contribution >= 0.6 is 11.6 Å². The summed E-state index contributed by atoms with van der Waals surface area (Å²) in [5.41, 5.74) is 4.35. The van der Waals surface area contributed by atoms with Gasteiger partial charge in [0.05, 0.1) is 16.1 Å². The quantitative estimate of drug-likeness (QED) is 0.270. The third-order valence-electron chi connectivity index (χ3n) is 8.07. The van der Waals surface area contributed by atoms with Gasteiger partial charge in [-0.3, -0.25) is 4.79 Å². The second-order valence-electron chi connectivity index (χ2n) is 12.7. The van der Waals surface area contributed by atoms with Gasteiger partial charge in [0.1, 0.15) is 17.2 Å². The first-order chi connectivity index (χ1) is 19.6. The van der Waals surface area contributed by atoms with E-state index >= 15 is 0 Å². The molecule has 1 aliphatic heterocycles. The molecular formula is C33H36ClFN4O3. The summed E-state index contributed by atoms with van der Waals surface area (Å²) in [6, 6.07) is 12.2. The fraction of sp³-hybridized carbons (Fsp3) is 0.364. The molecule has 1 aliphatic rings. The summed E-state index contributed by atoms with van der Waals surface area (Å²) in [6.45, 7) is 15.5. The largest absolute Gasteiger partial charge is 0.478 e. The number of aromatic carboxylic acids is 1. The van der Waals surface area contributed by atoms with E-state index < -0.39 is 17.3 Å². The normalized spacial score (nSPS) is 15.4. The van der Waals surface area contributed by atoms with E-state index in [0.29, 0.717) is 53.2 Å². The van der Waals surface area contributed by atoms with E-state index in [1.165, 1.54) is 6.07 Å². The van der Waals surface area contributed by atoms with Gasteiger partial charge in [-0.15, -0.1) is 0 Å². The van der Waals surface area contributed by atoms with E-state index in [0.717, 1.165) is 16.6 Å². The van der Waals surface area contributed by atoms with Gasteiger partial charge in [-0.2, -0.15) is 0 Å². The Morgan fingerprint density at radius 3 is 2.26 bits per heavy atom. The van der Waals surface area contributed by atoms with Crippen molar-refractivity contribution in [1.29, 1.82) is 0 Å². The second-order valence-corrected chi connectivity index (χ2v) is 13.1. The molecule has 7 nitrogen and oxygen atoms in total. The van der Waals surface area contributed by atoms with Crippen LogP contribution < -0.4 is 4.90 Å². The Hall–Kier alpha value is -3.91. The molecule has 0 saturated carbocycles. The van der Waals surface area contributed by atoms with Crippen molar-refractivity contribution in [3.63, 3.8) is 0 Å². The van der Waals surface area contributed by atoms with Gasteiger partial charge in [-0.1, -0.05) is 17.7 Å². The first kappa shape index (κ1) is 29.6. The Balaban J connectivity index is 1.47. The number of carboxylic acids is 1. The van der Waals surface area contributed by atoms with Crippen molar-refractivity contribution < 1.29 is 19.1 Å². The van der Waals surface area contributed by atoms with Crippen molar-refractivity contribution in [3.8, 4) is 11.1 Å². The van der Waals surface area contributed by atoms with Crippen LogP contribution in [-0.4, -0.2) is 56.6 Å². The number of carboxylic acid groups (broad SMARTS) is 1. The van der Waals surface area contributed by atoms with Crippen LogP contribution in [0.4, 0.5) is 10.1 Å². The molecule has 42 heavy (non-hydrogen) atoms. The number of nitrogens with zero attached hydrogens (tertiary/aromatic N) is 4. The number of aromatic nitrogens is 2. The highest BCUT2D eigenvalue weighted by molar-refractivity contribution is 6.30. The number of anilines is 1. The van der Waals surface area contributed by atoms with Crippen LogP contribution in [0.1, 0.15) is 66.6 Å². The summed E-state index contributed by atoms with van der Waals surface area (Å²) in [5.74, 6) is -1.58. The molecular weight excluding hydrogens is 555 g/mol. The van der Waals surface area contributed by atoms with Crippen LogP contribution in [0.25, 0.3) is 22.2 Å². The minimum Gasteiger partial charge on any atom is -0.478 e. The maximum absolute atomic E-state index is 14.3. The van der Waals surface area contributed by atoms with Crippen LogP contribution in [-0.2, 0) is 5.54 Å². The van der Waals surface area contributed by atoms with Gasteiger partial charge >= 0.3 is 5.97 Å². The Morgan fingerprint density at radius 1 is 1.02 bits per heavy atom. The molecule has 5 rings (SSSR count). The molecule has 1 fully saturated rings. The average Bonchev–Trinajstić information content (AvgIpc) is 3.28. The highest BCUT2D eigenvalue weighted by atomic mass is 35.5. The molecule has 0 aliphatic carbocycles. The molecule has 0 radical (unpaired) electrons. The summed E-state index contributed by atoms with van der Waals surface area (Å²) < 4.78 is 16.4. The second kappa shape index (κ2) is 10.4. The number of hydrogen-bond donors (Lipinski definition) is 1. The predicted molar refractivity (Wildman–Crippen MR) is 165 cm³/mol. The Kier molecular flexibility index (Phi) is 7.34. The summed E-state index contributed by atoms with van der Waals surface area (Å²) in [6.07, 6.45) is 1.96. The van der Waals surface area contributed by atoms with Gasteiger partial charge in [0.2, 0.25) is 0 Å². The number of aryl methyl sites for hydroxylation is 2. The SMILES string of the molecule is Cc1cc(N2CCN(C(=O)c3ccc4c(-c5ccc(Cl)c(F)c5)cn(C(C)(C)C)c4n3)C(C)(C)C2)cc(C)c1C(=O)O. The molecule has 2 aromatic carbocycles. The van der Waals surface area contributed by atoms with E-state index in [-0.39, 0.29) is 16.5 Å². The van der Waals surface area contributed by atoms with Crippen molar-refractivity contribution >= 4 is 40.2 Å². The standard InChI is InChI=1S/C33H36ClFN4O3/c1-19-14-22(15-20(2)28(19)31(41)42)37-12-13-38(33(6,7)18-37)30(40)27-11-9-23-24(21-8-10-25(34)26(35)16-21)17-39(29(23)36-27)32(3,4)5/h8-11,14-17H,12-13,18H2,1-7H3,(H,41,42). The van der Waals surface area contributed by atoms with Gasteiger partial charge in [0, 0.05) is 48.0 Å². The maximum atomic E-state index is 14.3. The zero-order valence-corrected chi connectivity index (χ0v) is 25.8. The number of carbonyl (C=O) groups excluding carboxylic acids is 1. The van der Waals surface area contributed by atoms with E-state index in [9.17, 15) is 19.1 Å². The molecule has 1 amide bonds. The predicted octanol–water partition coefficient (Wildman–Crippen LogP) is 7.31. The fourth-order valence-corrected chi connectivity index (χ4v) is 6.09. The lowest BCUT2D eigenvalue weighted by Crippen LogP contribution is -2.61. The van der Waals surface area contributed by atoms with Crippen LogP contribution in [0.15, 0.2) is 48.7 Å². The minimum absolute atomic E-state index is 0.0644. The molecule has 0 atom stereocenters. The van der Waals surface area contributed by atoms with Crippen molar-refractivity contribution in [3.05, 3.63) is 81.9 Å². The first-order valence-electron chi connectivity index (χ1n) is 14.0. The molecule has 0 spiro atoms. The third-order valence-corrected chi connectivity index (χ3v) is 8.37. The summed E-state index contributed by atoms with van der Waals surface area (Å²) >= 11 is 5.93. The third kappa shape index (κ3) is 5.24. The number of piperazine rings is 1. The summed E-state index contributed by atoms with van der Waals surface area (Å²) in [4.78, 5) is 34.6. The Bertz CT molecular complexity index is 1710. The van der Waals surface area contributed by atoms with Crippen LogP contribution in [0.3, 0.4) is 0 Å². The smallest absolute Gasteiger partial charge is 0.336 e. The van der Waals surface area contributed by atoms with E-state index in [4.69, 9.17) is 16.6 Å². The van der Waals surface area contributed by atoms with Crippen molar-refractivity contribution in [1.82, 2.24) is 14.5 Å². The minimum atomic E-state index is -0.929. The fourth-order valence-electron chi connectivity index (χ4n) is 5.98. The number of halogens is 2. The zero-order valence-electron chi connectivity index (χ0n) is 25.0. The lowest BCUT2D eigenvalue weighted by molar-refractivity contribution is 0.0508. The molecule has 1 saturated heterocycles. The van der Waals surface area contributed by atoms with Crippen LogP contribution in [0.2, 0.25) is 5.02 Å². The highest BCUT2D eigenvalue weighted by Crippen LogP contribution is 2.36. The number of carbonyl (C=O) groups is 2. The van der Waals surface area contributed by atoms with Crippen molar-refractivity contribution in [2.45, 2.75) is 59.5 Å². The highest BCUT2D eigenvalue weighted by Gasteiger charge is 2.38. The van der Waals surface area contributed by atoms with Gasteiger partial charge in [0.15, 0.2) is 0 Å². The first-order valence-corrected chi connectivity index (χ1v) is 14.4. The van der Waals surface area contributed by atoms with Crippen molar-refractivity contribution in [2.24, 2.45) is 0 Å². The average molecular weight is 591 g/mol. The van der Waals surface area contributed by atoms with Crippen LogP contribution in [0, 0.1) is 19.7 Å². The summed E-state index contributed by atoms with van der Waals surface area (Å²) in [7, 11) is 0. The molecule has 3 heterocycles. The number of pyridine rings is 1. The summed E-state index contributed by atoms with van der Waals surface area (Å²) in [5, 5.41) is 10.4. The zero-order chi connectivity index (χ0) is 30.7. The monoisotopic (exact) mass is 590 g/mol. The maximum Gasteiger partial charge on any atom is 0.336 e. The van der Waals surface area contributed by atoms with Crippen molar-refractivity contribution in [2.75, 3.05) is 24.5 Å². The number of amides is 1. The van der Waals surface area contributed by atoms with Gasteiger partial charge in [0.25, 0.3) is 5.91 Å². The number of hydrogen-bond acceptors (Lipinski definition) is 4. The van der Waals surface area contributed by atoms with Gasteiger partial charge < -0.3 is 19.5 Å². The molecule has 1 N–H and O–H groups in total. The topological polar surface area (TPSA) is 78.7 Å². The molecule has 0 unspecified atom stereocenters. The molecule has 2 aromatic heterocycles. The lowest BCUT2D eigenvalue weighted by atomic mass is 9.96. The van der Waals surface area contributed by atoms with E-state index in [1.54, 1.807) is 18.2 Å².